The first-order valence-corrected chi connectivity index (χ1v) is 5.91. The van der Waals surface area contributed by atoms with Crippen LogP contribution < -0.4 is 15.8 Å². The Morgan fingerprint density at radius 2 is 2.35 bits per heavy atom. The monoisotopic (exact) mass is 234 g/mol. The molecule has 0 spiro atoms. The number of rotatable bonds is 4. The van der Waals surface area contributed by atoms with E-state index in [0.29, 0.717) is 19.6 Å². The van der Waals surface area contributed by atoms with E-state index in [1.54, 1.807) is 0 Å². The molecule has 17 heavy (non-hydrogen) atoms. The fourth-order valence-electron chi connectivity index (χ4n) is 1.92. The van der Waals surface area contributed by atoms with Gasteiger partial charge in [-0.05, 0) is 30.5 Å². The van der Waals surface area contributed by atoms with Gasteiger partial charge in [0, 0.05) is 13.0 Å². The van der Waals surface area contributed by atoms with Crippen molar-refractivity contribution < 1.29 is 9.53 Å². The highest BCUT2D eigenvalue weighted by Gasteiger charge is 2.21. The van der Waals surface area contributed by atoms with Crippen molar-refractivity contribution in [2.45, 2.75) is 32.4 Å². The minimum Gasteiger partial charge on any atom is -0.491 e. The Bertz CT molecular complexity index is 418. The fraction of sp³-hybridized carbons (Fsp3) is 0.462. The summed E-state index contributed by atoms with van der Waals surface area (Å²) in [5, 5.41) is 2.88. The van der Waals surface area contributed by atoms with Gasteiger partial charge in [0.1, 0.15) is 12.4 Å². The van der Waals surface area contributed by atoms with E-state index >= 15 is 0 Å². The first-order valence-electron chi connectivity index (χ1n) is 5.91. The van der Waals surface area contributed by atoms with Gasteiger partial charge >= 0.3 is 0 Å². The second-order valence-corrected chi connectivity index (χ2v) is 4.42. The number of benzene rings is 1. The van der Waals surface area contributed by atoms with Gasteiger partial charge in [0.25, 0.3) is 0 Å². The van der Waals surface area contributed by atoms with E-state index in [4.69, 9.17) is 10.5 Å². The molecule has 1 amide bonds. The summed E-state index contributed by atoms with van der Waals surface area (Å²) in [6.45, 7) is 3.04. The van der Waals surface area contributed by atoms with Crippen LogP contribution in [0.1, 0.15) is 24.0 Å². The minimum absolute atomic E-state index is 0.117. The first kappa shape index (κ1) is 11.9. The van der Waals surface area contributed by atoms with E-state index in [9.17, 15) is 4.79 Å². The predicted molar refractivity (Wildman–Crippen MR) is 65.7 cm³/mol. The van der Waals surface area contributed by atoms with E-state index in [-0.39, 0.29) is 11.9 Å². The third kappa shape index (κ3) is 2.97. The molecule has 1 aliphatic heterocycles. The Kier molecular flexibility index (Phi) is 3.64. The largest absolute Gasteiger partial charge is 0.491 e. The van der Waals surface area contributed by atoms with Crippen molar-refractivity contribution in [1.29, 1.82) is 0 Å². The van der Waals surface area contributed by atoms with Crippen molar-refractivity contribution in [1.82, 2.24) is 5.32 Å². The van der Waals surface area contributed by atoms with Gasteiger partial charge in [-0.15, -0.1) is 0 Å². The van der Waals surface area contributed by atoms with Crippen molar-refractivity contribution in [3.8, 4) is 5.75 Å². The molecule has 1 saturated heterocycles. The highest BCUT2D eigenvalue weighted by atomic mass is 16.5. The molecule has 0 bridgehead atoms. The van der Waals surface area contributed by atoms with Crippen LogP contribution in [0.2, 0.25) is 0 Å². The number of carbonyl (C=O) groups is 1. The lowest BCUT2D eigenvalue weighted by molar-refractivity contribution is -0.119. The molecule has 4 nitrogen and oxygen atoms in total. The molecule has 1 aliphatic rings. The average Bonchev–Trinajstić information content (AvgIpc) is 2.74. The number of nitrogens with two attached hydrogens (primary N) is 1. The number of aryl methyl sites for hydroxylation is 1. The smallest absolute Gasteiger partial charge is 0.220 e. The molecular formula is C13H18N2O2. The molecule has 2 rings (SSSR count). The zero-order valence-electron chi connectivity index (χ0n) is 10.0. The zero-order chi connectivity index (χ0) is 12.3. The van der Waals surface area contributed by atoms with Crippen LogP contribution in [0.4, 0.5) is 0 Å². The number of hydrogen-bond donors (Lipinski definition) is 2. The van der Waals surface area contributed by atoms with E-state index in [2.05, 4.69) is 5.32 Å². The van der Waals surface area contributed by atoms with E-state index in [0.717, 1.165) is 23.3 Å². The Labute approximate surface area is 101 Å². The molecule has 0 radical (unpaired) electrons. The highest BCUT2D eigenvalue weighted by Crippen LogP contribution is 2.20. The van der Waals surface area contributed by atoms with Crippen molar-refractivity contribution in [2.24, 2.45) is 5.73 Å². The second kappa shape index (κ2) is 5.19. The molecule has 1 fully saturated rings. The van der Waals surface area contributed by atoms with Crippen LogP contribution in [-0.2, 0) is 11.3 Å². The van der Waals surface area contributed by atoms with E-state index in [1.807, 2.05) is 25.1 Å². The van der Waals surface area contributed by atoms with Crippen LogP contribution in [0.5, 0.6) is 5.75 Å². The molecule has 1 atom stereocenters. The Morgan fingerprint density at radius 3 is 3.00 bits per heavy atom. The molecule has 0 aromatic heterocycles. The van der Waals surface area contributed by atoms with Gasteiger partial charge in [-0.1, -0.05) is 12.1 Å². The molecule has 0 saturated carbocycles. The normalized spacial score (nSPS) is 19.2. The van der Waals surface area contributed by atoms with Gasteiger partial charge in [-0.25, -0.2) is 0 Å². The maximum Gasteiger partial charge on any atom is 0.220 e. The van der Waals surface area contributed by atoms with Gasteiger partial charge in [-0.2, -0.15) is 0 Å². The number of ether oxygens (including phenoxy) is 1. The quantitative estimate of drug-likeness (QED) is 0.820. The maximum atomic E-state index is 11.0. The topological polar surface area (TPSA) is 64.3 Å². The van der Waals surface area contributed by atoms with Gasteiger partial charge < -0.3 is 15.8 Å². The molecule has 4 heteroatoms. The van der Waals surface area contributed by atoms with Crippen molar-refractivity contribution >= 4 is 5.91 Å². The van der Waals surface area contributed by atoms with Crippen LogP contribution in [0.15, 0.2) is 18.2 Å². The van der Waals surface area contributed by atoms with Crippen LogP contribution in [0.3, 0.4) is 0 Å². The van der Waals surface area contributed by atoms with Crippen molar-refractivity contribution in [3.63, 3.8) is 0 Å². The molecule has 1 aromatic rings. The molecular weight excluding hydrogens is 216 g/mol. The summed E-state index contributed by atoms with van der Waals surface area (Å²) in [4.78, 5) is 11.0. The third-order valence-corrected chi connectivity index (χ3v) is 3.01. The zero-order valence-corrected chi connectivity index (χ0v) is 10.0. The van der Waals surface area contributed by atoms with Gasteiger partial charge in [0.05, 0.1) is 6.04 Å². The standard InChI is InChI=1S/C13H18N2O2/c1-9-2-3-10(7-14)6-12(9)17-8-11-4-5-13(16)15-11/h2-3,6,11H,4-5,7-8,14H2,1H3,(H,15,16). The Balaban J connectivity index is 1.96. The summed E-state index contributed by atoms with van der Waals surface area (Å²) >= 11 is 0. The molecule has 1 aromatic carbocycles. The summed E-state index contributed by atoms with van der Waals surface area (Å²) in [5.41, 5.74) is 7.74. The van der Waals surface area contributed by atoms with Crippen molar-refractivity contribution in [3.05, 3.63) is 29.3 Å². The van der Waals surface area contributed by atoms with Gasteiger partial charge in [0.2, 0.25) is 5.91 Å². The maximum absolute atomic E-state index is 11.0. The summed E-state index contributed by atoms with van der Waals surface area (Å²) in [5.74, 6) is 0.972. The lowest BCUT2D eigenvalue weighted by atomic mass is 10.1. The van der Waals surface area contributed by atoms with Crippen LogP contribution in [0.25, 0.3) is 0 Å². The molecule has 0 aliphatic carbocycles. The van der Waals surface area contributed by atoms with Crippen molar-refractivity contribution in [2.75, 3.05) is 6.61 Å². The Hall–Kier alpha value is -1.55. The number of carbonyl (C=O) groups excluding carboxylic acids is 1. The molecule has 3 N–H and O–H groups in total. The van der Waals surface area contributed by atoms with E-state index in [1.165, 1.54) is 0 Å². The van der Waals surface area contributed by atoms with Crippen LogP contribution >= 0.6 is 0 Å². The van der Waals surface area contributed by atoms with Gasteiger partial charge in [-0.3, -0.25) is 4.79 Å². The third-order valence-electron chi connectivity index (χ3n) is 3.01. The molecule has 92 valence electrons. The predicted octanol–water partition coefficient (Wildman–Crippen LogP) is 1.11. The van der Waals surface area contributed by atoms with Gasteiger partial charge in [0.15, 0.2) is 0 Å². The summed E-state index contributed by atoms with van der Waals surface area (Å²) in [6.07, 6.45) is 1.46. The molecule has 1 heterocycles. The molecule has 1 unspecified atom stereocenters. The number of nitrogens with one attached hydrogen (secondary N) is 1. The fourth-order valence-corrected chi connectivity index (χ4v) is 1.92. The SMILES string of the molecule is Cc1ccc(CN)cc1OCC1CCC(=O)N1. The number of hydrogen-bond acceptors (Lipinski definition) is 3. The first-order chi connectivity index (χ1) is 8.19. The summed E-state index contributed by atoms with van der Waals surface area (Å²) < 4.78 is 5.74. The highest BCUT2D eigenvalue weighted by molar-refractivity contribution is 5.78. The van der Waals surface area contributed by atoms with Crippen LogP contribution in [-0.4, -0.2) is 18.6 Å². The van der Waals surface area contributed by atoms with E-state index < -0.39 is 0 Å². The Morgan fingerprint density at radius 1 is 1.53 bits per heavy atom. The lowest BCUT2D eigenvalue weighted by Gasteiger charge is -2.14. The van der Waals surface area contributed by atoms with Crippen LogP contribution in [0, 0.1) is 6.92 Å². The second-order valence-electron chi connectivity index (χ2n) is 4.42. The minimum atomic E-state index is 0.117. The average molecular weight is 234 g/mol. The lowest BCUT2D eigenvalue weighted by Crippen LogP contribution is -2.31. The number of amides is 1. The summed E-state index contributed by atoms with van der Waals surface area (Å²) in [6, 6.07) is 6.11. The summed E-state index contributed by atoms with van der Waals surface area (Å²) in [7, 11) is 0.